The molecule has 2 N–H and O–H groups in total. The van der Waals surface area contributed by atoms with Crippen LogP contribution in [0.1, 0.15) is 68.9 Å². The van der Waals surface area contributed by atoms with E-state index < -0.39 is 23.8 Å². The van der Waals surface area contributed by atoms with E-state index in [4.69, 9.17) is 28.9 Å². The number of benzene rings is 4. The van der Waals surface area contributed by atoms with Crippen molar-refractivity contribution in [3.63, 3.8) is 0 Å². The van der Waals surface area contributed by atoms with E-state index in [1.165, 1.54) is 0 Å². The van der Waals surface area contributed by atoms with E-state index in [-0.39, 0.29) is 50.6 Å². The quantitative estimate of drug-likeness (QED) is 0.0546. The van der Waals surface area contributed by atoms with Crippen molar-refractivity contribution < 1.29 is 38.8 Å². The summed E-state index contributed by atoms with van der Waals surface area (Å²) in [6.07, 6.45) is 8.54. The predicted molar refractivity (Wildman–Crippen MR) is 233 cm³/mol. The van der Waals surface area contributed by atoms with Gasteiger partial charge in [-0.2, -0.15) is 0 Å². The maximum atomic E-state index is 14.1. The van der Waals surface area contributed by atoms with E-state index in [2.05, 4.69) is 43.0 Å². The summed E-state index contributed by atoms with van der Waals surface area (Å²) in [5.41, 5.74) is 5.79. The highest BCUT2D eigenvalue weighted by molar-refractivity contribution is 6.03. The Morgan fingerprint density at radius 3 is 2.28 bits per heavy atom. The van der Waals surface area contributed by atoms with Gasteiger partial charge in [0.15, 0.2) is 0 Å². The van der Waals surface area contributed by atoms with Crippen LogP contribution in [0.2, 0.25) is 0 Å². The van der Waals surface area contributed by atoms with Crippen LogP contribution < -0.4 is 9.47 Å². The first kappa shape index (κ1) is 42.7. The largest absolute Gasteiger partial charge is 0.459 e. The Morgan fingerprint density at radius 2 is 1.58 bits per heavy atom. The average molecular weight is 815 g/mol. The minimum Gasteiger partial charge on any atom is -0.459 e. The summed E-state index contributed by atoms with van der Waals surface area (Å²) >= 11 is 0. The van der Waals surface area contributed by atoms with Gasteiger partial charge in [-0.25, -0.2) is 4.79 Å². The van der Waals surface area contributed by atoms with Gasteiger partial charge in [0, 0.05) is 38.2 Å². The van der Waals surface area contributed by atoms with E-state index in [1.807, 2.05) is 79.7 Å². The molecule has 0 saturated heterocycles. The second kappa shape index (κ2) is 20.2. The zero-order chi connectivity index (χ0) is 41.9. The molecule has 1 amide bonds. The molecule has 0 aromatic heterocycles. The van der Waals surface area contributed by atoms with Gasteiger partial charge < -0.3 is 38.9 Å². The Kier molecular flexibility index (Phi) is 14.4. The monoisotopic (exact) mass is 814 g/mol. The number of carbonyl (C=O) groups is 1. The molecule has 0 spiro atoms. The van der Waals surface area contributed by atoms with Crippen LogP contribution in [0, 0.1) is 17.8 Å². The number of aliphatic hydroxyl groups is 2. The number of likely N-dealkylation sites (N-methyl/N-ethyl adjacent to an activating group) is 1. The Balaban J connectivity index is 1.34. The molecular weight excluding hydrogens is 757 g/mol. The van der Waals surface area contributed by atoms with Gasteiger partial charge in [0.2, 0.25) is 5.79 Å². The van der Waals surface area contributed by atoms with Crippen molar-refractivity contribution in [2.45, 2.75) is 76.2 Å². The number of nitrogens with zero attached hydrogens (tertiary/aromatic N) is 2. The molecular formula is C50H58N2O8. The van der Waals surface area contributed by atoms with Crippen LogP contribution in [0.4, 0.5) is 4.79 Å². The molecule has 10 heteroatoms. The molecule has 1 aliphatic heterocycles. The predicted octanol–water partition coefficient (Wildman–Crippen LogP) is 10.1. The Labute approximate surface area is 354 Å². The summed E-state index contributed by atoms with van der Waals surface area (Å²) in [6.45, 7) is 6.79. The van der Waals surface area contributed by atoms with E-state index in [0.717, 1.165) is 59.2 Å². The van der Waals surface area contributed by atoms with Gasteiger partial charge in [-0.3, -0.25) is 0 Å². The minimum atomic E-state index is -1.37. The first-order valence-corrected chi connectivity index (χ1v) is 21.4. The summed E-state index contributed by atoms with van der Waals surface area (Å²) < 4.78 is 26.7. The van der Waals surface area contributed by atoms with Gasteiger partial charge in [0.1, 0.15) is 36.5 Å². The average Bonchev–Trinajstić information content (AvgIpc) is 3.28. The van der Waals surface area contributed by atoms with Crippen molar-refractivity contribution >= 4 is 11.8 Å². The number of oxime groups is 1. The number of rotatable bonds is 19. The third-order valence-electron chi connectivity index (χ3n) is 12.1. The maximum absolute atomic E-state index is 14.1. The van der Waals surface area contributed by atoms with Crippen molar-refractivity contribution in [1.29, 1.82) is 0 Å². The molecule has 1 fully saturated rings. The number of amides is 1. The molecule has 316 valence electrons. The molecule has 7 rings (SSSR count). The van der Waals surface area contributed by atoms with Crippen molar-refractivity contribution in [3.8, 4) is 28.4 Å². The van der Waals surface area contributed by atoms with Gasteiger partial charge in [0.25, 0.3) is 0 Å². The zero-order valence-corrected chi connectivity index (χ0v) is 34.8. The first-order valence-electron chi connectivity index (χ1n) is 21.4. The molecule has 60 heavy (non-hydrogen) atoms. The molecule has 10 nitrogen and oxygen atoms in total. The Morgan fingerprint density at radius 1 is 0.900 bits per heavy atom. The highest BCUT2D eigenvalue weighted by Crippen LogP contribution is 2.62. The van der Waals surface area contributed by atoms with Crippen LogP contribution in [0.3, 0.4) is 0 Å². The van der Waals surface area contributed by atoms with Gasteiger partial charge in [-0.15, -0.1) is 6.58 Å². The number of hydrogen-bond donors (Lipinski definition) is 2. The lowest BCUT2D eigenvalue weighted by Crippen LogP contribution is -2.69. The fourth-order valence-corrected chi connectivity index (χ4v) is 9.36. The zero-order valence-electron chi connectivity index (χ0n) is 34.8. The molecule has 0 radical (unpaired) electrons. The molecule has 4 aromatic carbocycles. The molecule has 2 aliphatic carbocycles. The summed E-state index contributed by atoms with van der Waals surface area (Å²) in [4.78, 5) is 21.5. The maximum Gasteiger partial charge on any atom is 0.410 e. The fraction of sp³-hybridized carbons (Fsp3) is 0.400. The third kappa shape index (κ3) is 9.31. The first-order chi connectivity index (χ1) is 29.4. The smallest absolute Gasteiger partial charge is 0.410 e. The van der Waals surface area contributed by atoms with Crippen molar-refractivity contribution in [2.75, 3.05) is 33.5 Å². The van der Waals surface area contributed by atoms with Crippen molar-refractivity contribution in [3.05, 3.63) is 139 Å². The normalized spacial score (nSPS) is 23.4. The lowest BCUT2D eigenvalue weighted by Gasteiger charge is -2.59. The molecule has 1 heterocycles. The number of aliphatic hydroxyl groups excluding tert-OH is 2. The standard InChI is InChI=1S/C50H58N2O8/c1-4-30-57-50-46(52(3)49(55)56-34-35-16-8-6-9-17-35)33-44(51-58-5-2)42-31-38(20-12-14-28-53)41(21-13-15-29-54)47(48(42)50)43-32-40(26-27-45(43)60-50)59-39-24-22-37(23-25-39)36-18-10-7-11-19-36/h4,6-11,16-19,22-27,31-32,38,41,46-48,53-54H,1,5,12-15,20-21,28-30,33-34H2,2-3H3. The number of allylic oxidation sites excluding steroid dienone is 1. The van der Waals surface area contributed by atoms with Gasteiger partial charge >= 0.3 is 6.09 Å². The van der Waals surface area contributed by atoms with E-state index in [1.54, 1.807) is 18.0 Å². The number of unbranched alkanes of at least 4 members (excludes halogenated alkanes) is 2. The van der Waals surface area contributed by atoms with Crippen LogP contribution in [0.15, 0.2) is 133 Å². The number of fused-ring (bicyclic) bond motifs is 2. The number of hydrogen-bond acceptors (Lipinski definition) is 9. The van der Waals surface area contributed by atoms with Crippen LogP contribution in [0.25, 0.3) is 11.1 Å². The van der Waals surface area contributed by atoms with Gasteiger partial charge in [-0.1, -0.05) is 103 Å². The van der Waals surface area contributed by atoms with Crippen LogP contribution >= 0.6 is 0 Å². The van der Waals surface area contributed by atoms with E-state index in [9.17, 15) is 15.0 Å². The Hall–Kier alpha value is -5.42. The molecule has 3 aliphatic rings. The van der Waals surface area contributed by atoms with Gasteiger partial charge in [0.05, 0.1) is 18.2 Å². The number of ether oxygens (including phenoxy) is 4. The second-order valence-corrected chi connectivity index (χ2v) is 15.8. The molecule has 4 aromatic rings. The summed E-state index contributed by atoms with van der Waals surface area (Å²) in [7, 11) is 1.73. The number of carbonyl (C=O) groups excluding carboxylic acids is 1. The van der Waals surface area contributed by atoms with Crippen molar-refractivity contribution in [1.82, 2.24) is 4.90 Å². The summed E-state index contributed by atoms with van der Waals surface area (Å²) in [5.74, 6) is 0.247. The third-order valence-corrected chi connectivity index (χ3v) is 12.1. The minimum absolute atomic E-state index is 0.0844. The Bertz CT molecular complexity index is 2090. The van der Waals surface area contributed by atoms with Gasteiger partial charge in [-0.05, 0) is 97.0 Å². The van der Waals surface area contributed by atoms with Crippen molar-refractivity contribution in [2.24, 2.45) is 22.9 Å². The molecule has 6 unspecified atom stereocenters. The van der Waals surface area contributed by atoms with Crippen LogP contribution in [-0.4, -0.2) is 72.2 Å². The lowest BCUT2D eigenvalue weighted by atomic mass is 9.55. The molecule has 6 atom stereocenters. The summed E-state index contributed by atoms with van der Waals surface area (Å²) in [6, 6.07) is 33.2. The molecule has 0 bridgehead atoms. The second-order valence-electron chi connectivity index (χ2n) is 15.8. The molecule has 1 saturated carbocycles. The SMILES string of the molecule is C=CCOC12Oc3ccc(Oc4ccc(-c5ccccc5)cc4)cc3C3C(CCCCO)C(CCCCO)C=C(C(=NOCC)CC1N(C)C(=O)OCc1ccccc1)C32. The van der Waals surface area contributed by atoms with Crippen LogP contribution in [-0.2, 0) is 20.9 Å². The van der Waals surface area contributed by atoms with Crippen LogP contribution in [0.5, 0.6) is 17.2 Å². The highest BCUT2D eigenvalue weighted by Gasteiger charge is 2.65. The van der Waals surface area contributed by atoms with E-state index >= 15 is 0 Å². The topological polar surface area (TPSA) is 119 Å². The summed E-state index contributed by atoms with van der Waals surface area (Å²) in [5, 5.41) is 24.5. The van der Waals surface area contributed by atoms with E-state index in [0.29, 0.717) is 36.7 Å². The lowest BCUT2D eigenvalue weighted by molar-refractivity contribution is -0.253. The highest BCUT2D eigenvalue weighted by atomic mass is 16.7. The fourth-order valence-electron chi connectivity index (χ4n) is 9.36.